The first-order valence-corrected chi connectivity index (χ1v) is 7.24. The second-order valence-corrected chi connectivity index (χ2v) is 5.84. The number of hydrogen-bond acceptors (Lipinski definition) is 3. The molecule has 0 fully saturated rings. The molecule has 0 amide bonds. The molecule has 0 aliphatic rings. The molecule has 1 aromatic rings. The highest BCUT2D eigenvalue weighted by Crippen LogP contribution is 2.35. The van der Waals surface area contributed by atoms with Crippen LogP contribution in [0.5, 0.6) is 0 Å². The van der Waals surface area contributed by atoms with E-state index in [1.165, 1.54) is 12.7 Å². The number of rotatable bonds is 6. The molecule has 3 nitrogen and oxygen atoms in total. The minimum Gasteiger partial charge on any atom is -0.469 e. The molecule has 2 atom stereocenters. The number of benzene rings is 1. The molecule has 0 spiro atoms. The van der Waals surface area contributed by atoms with Gasteiger partial charge in [-0.05, 0) is 30.4 Å². The highest BCUT2D eigenvalue weighted by Gasteiger charge is 2.41. The van der Waals surface area contributed by atoms with Crippen LogP contribution >= 0.6 is 0 Å². The van der Waals surface area contributed by atoms with Crippen LogP contribution in [0.1, 0.15) is 45.2 Å². The molecule has 1 rings (SSSR count). The molecule has 0 radical (unpaired) electrons. The van der Waals surface area contributed by atoms with Crippen molar-refractivity contribution >= 4 is 5.97 Å². The van der Waals surface area contributed by atoms with Crippen LogP contribution in [0, 0.1) is 11.8 Å². The van der Waals surface area contributed by atoms with Gasteiger partial charge in [0, 0.05) is 0 Å². The maximum atomic E-state index is 12.0. The summed E-state index contributed by atoms with van der Waals surface area (Å²) in [5, 5.41) is 10.8. The van der Waals surface area contributed by atoms with E-state index in [1.54, 1.807) is 6.92 Å². The van der Waals surface area contributed by atoms with Gasteiger partial charge in [0.25, 0.3) is 0 Å². The van der Waals surface area contributed by atoms with Gasteiger partial charge in [-0.15, -0.1) is 0 Å². The second-order valence-electron chi connectivity index (χ2n) is 5.84. The molecule has 0 saturated carbocycles. The summed E-state index contributed by atoms with van der Waals surface area (Å²) in [6.45, 7) is 7.66. The largest absolute Gasteiger partial charge is 0.469 e. The summed E-state index contributed by atoms with van der Waals surface area (Å²) in [5.41, 5.74) is 0.763. The Balaban J connectivity index is 3.08. The Hall–Kier alpha value is -1.35. The van der Waals surface area contributed by atoms with Crippen LogP contribution in [0.25, 0.3) is 0 Å². The van der Waals surface area contributed by atoms with Gasteiger partial charge in [-0.3, -0.25) is 4.79 Å². The fourth-order valence-electron chi connectivity index (χ4n) is 2.75. The maximum absolute atomic E-state index is 12.0. The fourth-order valence-corrected chi connectivity index (χ4v) is 2.75. The zero-order valence-electron chi connectivity index (χ0n) is 13.1. The first-order valence-electron chi connectivity index (χ1n) is 7.24. The topological polar surface area (TPSA) is 46.5 Å². The van der Waals surface area contributed by atoms with E-state index in [-0.39, 0.29) is 11.9 Å². The predicted octanol–water partition coefficient (Wildman–Crippen LogP) is 3.29. The average molecular weight is 278 g/mol. The number of carbonyl (C=O) groups is 1. The van der Waals surface area contributed by atoms with Crippen LogP contribution < -0.4 is 0 Å². The molecule has 0 saturated heterocycles. The number of carbonyl (C=O) groups excluding carboxylic acids is 1. The highest BCUT2D eigenvalue weighted by atomic mass is 16.5. The third-order valence-electron chi connectivity index (χ3n) is 3.80. The van der Waals surface area contributed by atoms with E-state index in [4.69, 9.17) is 4.74 Å². The summed E-state index contributed by atoms with van der Waals surface area (Å²) < 4.78 is 4.84. The SMILES string of the molecule is CCCc1ccc(C(C)(O)C(C(=O)OC)C(C)C)cc1. The van der Waals surface area contributed by atoms with Crippen molar-refractivity contribution in [2.24, 2.45) is 11.8 Å². The standard InChI is InChI=1S/C17H26O3/c1-6-7-13-8-10-14(11-9-13)17(4,19)15(12(2)3)16(18)20-5/h8-12,15,19H,6-7H2,1-5H3. The normalized spacial score (nSPS) is 15.8. The van der Waals surface area contributed by atoms with Crippen LogP contribution in [0.4, 0.5) is 0 Å². The van der Waals surface area contributed by atoms with Crippen molar-refractivity contribution < 1.29 is 14.6 Å². The van der Waals surface area contributed by atoms with Crippen molar-refractivity contribution in [1.29, 1.82) is 0 Å². The molecule has 1 aromatic carbocycles. The van der Waals surface area contributed by atoms with Crippen molar-refractivity contribution in [3.05, 3.63) is 35.4 Å². The summed E-state index contributed by atoms with van der Waals surface area (Å²) in [6.07, 6.45) is 2.11. The van der Waals surface area contributed by atoms with Crippen molar-refractivity contribution in [3.63, 3.8) is 0 Å². The van der Waals surface area contributed by atoms with E-state index >= 15 is 0 Å². The van der Waals surface area contributed by atoms with Crippen molar-refractivity contribution in [3.8, 4) is 0 Å². The molecule has 0 aromatic heterocycles. The molecule has 112 valence electrons. The molecule has 20 heavy (non-hydrogen) atoms. The number of aryl methyl sites for hydroxylation is 1. The van der Waals surface area contributed by atoms with E-state index in [0.29, 0.717) is 0 Å². The van der Waals surface area contributed by atoms with Gasteiger partial charge in [0.15, 0.2) is 0 Å². The van der Waals surface area contributed by atoms with Gasteiger partial charge in [-0.25, -0.2) is 0 Å². The van der Waals surface area contributed by atoms with Gasteiger partial charge >= 0.3 is 5.97 Å². The zero-order chi connectivity index (χ0) is 15.3. The lowest BCUT2D eigenvalue weighted by atomic mass is 9.76. The lowest BCUT2D eigenvalue weighted by molar-refractivity contribution is -0.159. The Morgan fingerprint density at radius 2 is 1.85 bits per heavy atom. The van der Waals surface area contributed by atoms with Crippen LogP contribution in [-0.4, -0.2) is 18.2 Å². The molecule has 0 aliphatic carbocycles. The Kier molecular flexibility index (Phi) is 5.75. The van der Waals surface area contributed by atoms with Crippen LogP contribution in [0.3, 0.4) is 0 Å². The third-order valence-corrected chi connectivity index (χ3v) is 3.80. The molecular formula is C17H26O3. The third kappa shape index (κ3) is 3.60. The van der Waals surface area contributed by atoms with Crippen LogP contribution in [0.2, 0.25) is 0 Å². The van der Waals surface area contributed by atoms with Crippen molar-refractivity contribution in [2.45, 2.75) is 46.1 Å². The summed E-state index contributed by atoms with van der Waals surface area (Å²) >= 11 is 0. The number of hydrogen-bond donors (Lipinski definition) is 1. The van der Waals surface area contributed by atoms with Gasteiger partial charge in [-0.2, -0.15) is 0 Å². The molecule has 1 N–H and O–H groups in total. The molecule has 3 heteroatoms. The van der Waals surface area contributed by atoms with Crippen LogP contribution in [0.15, 0.2) is 24.3 Å². The van der Waals surface area contributed by atoms with Gasteiger partial charge in [0.2, 0.25) is 0 Å². The molecule has 0 aliphatic heterocycles. The molecule has 0 bridgehead atoms. The summed E-state index contributed by atoms with van der Waals surface area (Å²) in [4.78, 5) is 12.0. The molecule has 2 unspecified atom stereocenters. The Morgan fingerprint density at radius 1 is 1.30 bits per heavy atom. The minimum atomic E-state index is -1.23. The number of esters is 1. The van der Waals surface area contributed by atoms with E-state index < -0.39 is 11.5 Å². The lowest BCUT2D eigenvalue weighted by Gasteiger charge is -2.34. The number of methoxy groups -OCH3 is 1. The zero-order valence-corrected chi connectivity index (χ0v) is 13.1. The smallest absolute Gasteiger partial charge is 0.312 e. The lowest BCUT2D eigenvalue weighted by Crippen LogP contribution is -2.41. The molecular weight excluding hydrogens is 252 g/mol. The van der Waals surface area contributed by atoms with Crippen molar-refractivity contribution in [2.75, 3.05) is 7.11 Å². The minimum absolute atomic E-state index is 0.00670. The summed E-state index contributed by atoms with van der Waals surface area (Å²) in [7, 11) is 1.36. The van der Waals surface area contributed by atoms with Gasteiger partial charge < -0.3 is 9.84 Å². The van der Waals surface area contributed by atoms with Crippen LogP contribution in [-0.2, 0) is 21.6 Å². The molecule has 0 heterocycles. The number of aliphatic hydroxyl groups is 1. The Morgan fingerprint density at radius 3 is 2.25 bits per heavy atom. The predicted molar refractivity (Wildman–Crippen MR) is 80.4 cm³/mol. The Labute approximate surface area is 122 Å². The first-order chi connectivity index (χ1) is 9.34. The average Bonchev–Trinajstić information content (AvgIpc) is 2.39. The van der Waals surface area contributed by atoms with E-state index in [1.807, 2.05) is 38.1 Å². The second kappa shape index (κ2) is 6.89. The van der Waals surface area contributed by atoms with E-state index in [0.717, 1.165) is 18.4 Å². The first kappa shape index (κ1) is 16.7. The highest BCUT2D eigenvalue weighted by molar-refractivity contribution is 5.74. The van der Waals surface area contributed by atoms with Crippen molar-refractivity contribution in [1.82, 2.24) is 0 Å². The quantitative estimate of drug-likeness (QED) is 0.812. The monoisotopic (exact) mass is 278 g/mol. The Bertz CT molecular complexity index is 432. The summed E-state index contributed by atoms with van der Waals surface area (Å²) in [6, 6.07) is 7.84. The van der Waals surface area contributed by atoms with Gasteiger partial charge in [0.1, 0.15) is 5.60 Å². The fraction of sp³-hybridized carbons (Fsp3) is 0.588. The maximum Gasteiger partial charge on any atom is 0.312 e. The summed E-state index contributed by atoms with van der Waals surface area (Å²) in [5.74, 6) is -0.958. The number of ether oxygens (including phenoxy) is 1. The van der Waals surface area contributed by atoms with E-state index in [9.17, 15) is 9.90 Å². The van der Waals surface area contributed by atoms with Gasteiger partial charge in [0.05, 0.1) is 13.0 Å². The van der Waals surface area contributed by atoms with E-state index in [2.05, 4.69) is 6.92 Å². The van der Waals surface area contributed by atoms with Gasteiger partial charge in [-0.1, -0.05) is 51.5 Å².